The van der Waals surface area contributed by atoms with Gasteiger partial charge in [-0.3, -0.25) is 9.59 Å². The molecule has 0 atom stereocenters. The normalized spacial score (nSPS) is 16.0. The molecule has 0 unspecified atom stereocenters. The lowest BCUT2D eigenvalue weighted by Crippen LogP contribution is -2.04. The predicted molar refractivity (Wildman–Crippen MR) is 72.1 cm³/mol. The van der Waals surface area contributed by atoms with Crippen LogP contribution in [-0.4, -0.2) is 11.6 Å². The summed E-state index contributed by atoms with van der Waals surface area (Å²) < 4.78 is 0. The van der Waals surface area contributed by atoms with Gasteiger partial charge in [0.2, 0.25) is 0 Å². The lowest BCUT2D eigenvalue weighted by atomic mass is 9.97. The Morgan fingerprint density at radius 3 is 2.33 bits per heavy atom. The summed E-state index contributed by atoms with van der Waals surface area (Å²) in [6.07, 6.45) is 11.7. The van der Waals surface area contributed by atoms with E-state index in [0.717, 1.165) is 5.56 Å². The van der Waals surface area contributed by atoms with Crippen LogP contribution < -0.4 is 0 Å². The second kappa shape index (κ2) is 5.92. The van der Waals surface area contributed by atoms with Gasteiger partial charge in [-0.15, -0.1) is 0 Å². The maximum Gasteiger partial charge on any atom is 0.160 e. The van der Waals surface area contributed by atoms with Crippen LogP contribution in [0.4, 0.5) is 0 Å². The zero-order valence-electron chi connectivity index (χ0n) is 10.0. The Morgan fingerprint density at radius 1 is 0.833 bits per heavy atom. The highest BCUT2D eigenvalue weighted by Crippen LogP contribution is 2.15. The van der Waals surface area contributed by atoms with Crippen molar-refractivity contribution in [2.75, 3.05) is 0 Å². The molecular formula is C16H14O2. The summed E-state index contributed by atoms with van der Waals surface area (Å²) >= 11 is 0. The van der Waals surface area contributed by atoms with Crippen molar-refractivity contribution in [3.63, 3.8) is 0 Å². The van der Waals surface area contributed by atoms with Crippen molar-refractivity contribution in [2.24, 2.45) is 0 Å². The predicted octanol–water partition coefficient (Wildman–Crippen LogP) is 2.90. The molecule has 0 bridgehead atoms. The van der Waals surface area contributed by atoms with Gasteiger partial charge in [-0.25, -0.2) is 0 Å². The lowest BCUT2D eigenvalue weighted by Gasteiger charge is -2.07. The number of hydrogen-bond acceptors (Lipinski definition) is 2. The minimum Gasteiger partial charge on any atom is -0.295 e. The Kier molecular flexibility index (Phi) is 4.02. The Bertz CT molecular complexity index is 548. The van der Waals surface area contributed by atoms with E-state index in [9.17, 15) is 9.59 Å². The Balaban J connectivity index is 0.000000149. The van der Waals surface area contributed by atoms with Crippen molar-refractivity contribution >= 4 is 17.6 Å². The molecule has 0 radical (unpaired) electrons. The molecule has 18 heavy (non-hydrogen) atoms. The molecule has 0 spiro atoms. The van der Waals surface area contributed by atoms with Crippen LogP contribution in [0.15, 0.2) is 54.6 Å². The van der Waals surface area contributed by atoms with Gasteiger partial charge < -0.3 is 0 Å². The van der Waals surface area contributed by atoms with Gasteiger partial charge in [0.1, 0.15) is 0 Å². The van der Waals surface area contributed by atoms with E-state index in [2.05, 4.69) is 0 Å². The molecule has 1 aromatic carbocycles. The Labute approximate surface area is 106 Å². The van der Waals surface area contributed by atoms with E-state index in [-0.39, 0.29) is 11.6 Å². The number of hydrogen-bond donors (Lipinski definition) is 0. The van der Waals surface area contributed by atoms with Gasteiger partial charge in [0.25, 0.3) is 0 Å². The third-order valence-corrected chi connectivity index (χ3v) is 2.72. The molecule has 0 saturated carbocycles. The number of benzene rings is 1. The van der Waals surface area contributed by atoms with E-state index in [1.54, 1.807) is 18.2 Å². The average Bonchev–Trinajstić information content (AvgIpc) is 2.40. The molecule has 0 aliphatic heterocycles. The minimum absolute atomic E-state index is 0.197. The fraction of sp³-hybridized carbons (Fsp3) is 0.125. The number of fused-ring (bicyclic) bond motifs is 1. The van der Waals surface area contributed by atoms with Crippen molar-refractivity contribution in [1.82, 2.24) is 0 Å². The van der Waals surface area contributed by atoms with Gasteiger partial charge in [0, 0.05) is 12.8 Å². The van der Waals surface area contributed by atoms with Crippen LogP contribution in [0.25, 0.3) is 6.08 Å². The number of allylic oxidation sites excluding steroid dienone is 5. The number of rotatable bonds is 0. The highest BCUT2D eigenvalue weighted by Gasteiger charge is 2.07. The van der Waals surface area contributed by atoms with Gasteiger partial charge >= 0.3 is 0 Å². The lowest BCUT2D eigenvalue weighted by molar-refractivity contribution is -0.114. The standard InChI is InChI=1S/C10H8O.C6H6O/c11-10-6-5-8-3-1-2-4-9(8)7-10;7-6-4-2-1-3-5-6/h1-6H,7H2;1-4H,5H2. The Morgan fingerprint density at radius 2 is 1.67 bits per heavy atom. The summed E-state index contributed by atoms with van der Waals surface area (Å²) in [6, 6.07) is 7.97. The minimum atomic E-state index is 0.197. The van der Waals surface area contributed by atoms with Crippen LogP contribution in [-0.2, 0) is 16.0 Å². The maximum atomic E-state index is 10.9. The fourth-order valence-corrected chi connectivity index (χ4v) is 1.78. The quantitative estimate of drug-likeness (QED) is 0.696. The highest BCUT2D eigenvalue weighted by atomic mass is 16.1. The van der Waals surface area contributed by atoms with Crippen LogP contribution >= 0.6 is 0 Å². The van der Waals surface area contributed by atoms with Gasteiger partial charge in [0.15, 0.2) is 11.6 Å². The van der Waals surface area contributed by atoms with Crippen LogP contribution in [0.3, 0.4) is 0 Å². The zero-order valence-corrected chi connectivity index (χ0v) is 10.0. The number of carbonyl (C=O) groups is 2. The molecule has 3 rings (SSSR count). The van der Waals surface area contributed by atoms with E-state index < -0.39 is 0 Å². The first-order chi connectivity index (χ1) is 8.75. The molecule has 0 fully saturated rings. The monoisotopic (exact) mass is 238 g/mol. The summed E-state index contributed by atoms with van der Waals surface area (Å²) in [6.45, 7) is 0. The molecular weight excluding hydrogens is 224 g/mol. The van der Waals surface area contributed by atoms with Crippen molar-refractivity contribution < 1.29 is 9.59 Å². The third kappa shape index (κ3) is 3.39. The van der Waals surface area contributed by atoms with Crippen LogP contribution in [0, 0.1) is 0 Å². The highest BCUT2D eigenvalue weighted by molar-refractivity contribution is 5.98. The van der Waals surface area contributed by atoms with Gasteiger partial charge in [-0.2, -0.15) is 0 Å². The molecule has 0 saturated heterocycles. The summed E-state index contributed by atoms with van der Waals surface area (Å²) in [7, 11) is 0. The van der Waals surface area contributed by atoms with Crippen molar-refractivity contribution in [1.29, 1.82) is 0 Å². The smallest absolute Gasteiger partial charge is 0.160 e. The molecule has 2 heteroatoms. The number of carbonyl (C=O) groups excluding carboxylic acids is 2. The van der Waals surface area contributed by atoms with E-state index in [1.807, 2.05) is 42.5 Å². The van der Waals surface area contributed by atoms with Crippen molar-refractivity contribution in [2.45, 2.75) is 12.8 Å². The van der Waals surface area contributed by atoms with E-state index >= 15 is 0 Å². The molecule has 90 valence electrons. The molecule has 0 aromatic heterocycles. The SMILES string of the molecule is O=C1C=CC=CC1.O=C1C=Cc2ccccc2C1. The van der Waals surface area contributed by atoms with Crippen LogP contribution in [0.5, 0.6) is 0 Å². The molecule has 0 amide bonds. The third-order valence-electron chi connectivity index (χ3n) is 2.72. The molecule has 2 aliphatic carbocycles. The molecule has 1 aromatic rings. The van der Waals surface area contributed by atoms with E-state index in [4.69, 9.17) is 0 Å². The first kappa shape index (κ1) is 12.2. The first-order valence-corrected chi connectivity index (χ1v) is 5.90. The van der Waals surface area contributed by atoms with Gasteiger partial charge in [-0.1, -0.05) is 48.6 Å². The summed E-state index contributed by atoms with van der Waals surface area (Å²) in [5.74, 6) is 0.395. The summed E-state index contributed by atoms with van der Waals surface area (Å²) in [5, 5.41) is 0. The molecule has 0 heterocycles. The van der Waals surface area contributed by atoms with Crippen LogP contribution in [0.1, 0.15) is 17.5 Å². The molecule has 0 N–H and O–H groups in total. The second-order valence-corrected chi connectivity index (χ2v) is 4.13. The van der Waals surface area contributed by atoms with Crippen LogP contribution in [0.2, 0.25) is 0 Å². The number of ketones is 2. The van der Waals surface area contributed by atoms with Gasteiger partial charge in [-0.05, 0) is 23.3 Å². The Hall–Kier alpha value is -2.22. The zero-order chi connectivity index (χ0) is 12.8. The molecule has 2 aliphatic rings. The van der Waals surface area contributed by atoms with E-state index in [1.165, 1.54) is 5.56 Å². The van der Waals surface area contributed by atoms with Crippen molar-refractivity contribution in [3.05, 3.63) is 65.8 Å². The van der Waals surface area contributed by atoms with E-state index in [0.29, 0.717) is 12.8 Å². The summed E-state index contributed by atoms with van der Waals surface area (Å²) in [4.78, 5) is 21.3. The molecule has 2 nitrogen and oxygen atoms in total. The largest absolute Gasteiger partial charge is 0.295 e. The second-order valence-electron chi connectivity index (χ2n) is 4.13. The fourth-order valence-electron chi connectivity index (χ4n) is 1.78. The topological polar surface area (TPSA) is 34.1 Å². The average molecular weight is 238 g/mol. The van der Waals surface area contributed by atoms with Crippen molar-refractivity contribution in [3.8, 4) is 0 Å². The van der Waals surface area contributed by atoms with Gasteiger partial charge in [0.05, 0.1) is 0 Å². The summed E-state index contributed by atoms with van der Waals surface area (Å²) in [5.41, 5.74) is 2.31. The maximum absolute atomic E-state index is 10.9. The first-order valence-electron chi connectivity index (χ1n) is 5.90.